The van der Waals surface area contributed by atoms with Gasteiger partial charge in [-0.3, -0.25) is 4.68 Å². The fourth-order valence-electron chi connectivity index (χ4n) is 2.26. The van der Waals surface area contributed by atoms with E-state index >= 15 is 0 Å². The van der Waals surface area contributed by atoms with Crippen LogP contribution in [0.5, 0.6) is 0 Å². The number of hydrogen-bond donors (Lipinski definition) is 1. The molecule has 4 nitrogen and oxygen atoms in total. The minimum atomic E-state index is 0.0957. The van der Waals surface area contributed by atoms with Gasteiger partial charge in [-0.2, -0.15) is 5.10 Å². The average Bonchev–Trinajstić information content (AvgIpc) is 2.61. The molecule has 17 heavy (non-hydrogen) atoms. The van der Waals surface area contributed by atoms with Gasteiger partial charge in [0.25, 0.3) is 0 Å². The third kappa shape index (κ3) is 3.07. The van der Waals surface area contributed by atoms with E-state index in [2.05, 4.69) is 30.6 Å². The van der Waals surface area contributed by atoms with E-state index < -0.39 is 0 Å². The number of methoxy groups -OCH3 is 1. The highest BCUT2D eigenvalue weighted by Gasteiger charge is 2.19. The van der Waals surface area contributed by atoms with Crippen LogP contribution in [0, 0.1) is 13.8 Å². The van der Waals surface area contributed by atoms with Crippen molar-refractivity contribution >= 4 is 0 Å². The second-order valence-electron chi connectivity index (χ2n) is 4.67. The Hall–Kier alpha value is -0.870. The number of aryl methyl sites for hydroxylation is 1. The van der Waals surface area contributed by atoms with Gasteiger partial charge in [-0.05, 0) is 33.6 Å². The Bertz CT molecular complexity index is 360. The minimum Gasteiger partial charge on any atom is -0.385 e. The molecule has 2 atom stereocenters. The molecule has 0 aliphatic heterocycles. The van der Waals surface area contributed by atoms with E-state index in [0.717, 1.165) is 25.1 Å². The molecule has 1 heterocycles. The summed E-state index contributed by atoms with van der Waals surface area (Å²) in [5.74, 6) is 0. The first-order chi connectivity index (χ1) is 8.02. The van der Waals surface area contributed by atoms with Gasteiger partial charge in [0.15, 0.2) is 0 Å². The van der Waals surface area contributed by atoms with Crippen molar-refractivity contribution in [2.24, 2.45) is 5.73 Å². The van der Waals surface area contributed by atoms with E-state index in [1.807, 2.05) is 6.92 Å². The van der Waals surface area contributed by atoms with E-state index in [9.17, 15) is 0 Å². The normalized spacial score (nSPS) is 14.9. The van der Waals surface area contributed by atoms with Crippen LogP contribution in [0.15, 0.2) is 0 Å². The predicted molar refractivity (Wildman–Crippen MR) is 70.1 cm³/mol. The van der Waals surface area contributed by atoms with Crippen LogP contribution < -0.4 is 5.73 Å². The molecule has 0 fully saturated rings. The molecule has 0 bridgehead atoms. The minimum absolute atomic E-state index is 0.0957. The SMILES string of the molecule is CCC(N)c1c(C)nn(C(C)CCOC)c1C. The largest absolute Gasteiger partial charge is 0.385 e. The molecule has 0 radical (unpaired) electrons. The predicted octanol–water partition coefficient (Wildman–Crippen LogP) is 2.51. The highest BCUT2D eigenvalue weighted by molar-refractivity contribution is 5.28. The Morgan fingerprint density at radius 3 is 2.59 bits per heavy atom. The lowest BCUT2D eigenvalue weighted by atomic mass is 10.0. The molecule has 2 unspecified atom stereocenters. The van der Waals surface area contributed by atoms with Crippen molar-refractivity contribution in [3.8, 4) is 0 Å². The zero-order valence-electron chi connectivity index (χ0n) is 11.7. The topological polar surface area (TPSA) is 53.1 Å². The molecule has 0 saturated heterocycles. The molecule has 0 saturated carbocycles. The van der Waals surface area contributed by atoms with Gasteiger partial charge in [0.1, 0.15) is 0 Å². The molecule has 1 rings (SSSR count). The van der Waals surface area contributed by atoms with Crippen molar-refractivity contribution in [1.29, 1.82) is 0 Å². The van der Waals surface area contributed by atoms with Crippen LogP contribution in [0.1, 0.15) is 55.7 Å². The van der Waals surface area contributed by atoms with E-state index in [1.165, 1.54) is 11.3 Å². The Morgan fingerprint density at radius 2 is 2.06 bits per heavy atom. The van der Waals surface area contributed by atoms with E-state index in [1.54, 1.807) is 7.11 Å². The lowest BCUT2D eigenvalue weighted by Crippen LogP contribution is -2.13. The van der Waals surface area contributed by atoms with Gasteiger partial charge in [-0.15, -0.1) is 0 Å². The van der Waals surface area contributed by atoms with E-state index in [-0.39, 0.29) is 6.04 Å². The number of nitrogens with zero attached hydrogens (tertiary/aromatic N) is 2. The van der Waals surface area contributed by atoms with Crippen molar-refractivity contribution in [2.45, 2.75) is 52.6 Å². The molecule has 0 aliphatic carbocycles. The summed E-state index contributed by atoms with van der Waals surface area (Å²) >= 11 is 0. The van der Waals surface area contributed by atoms with Crippen LogP contribution >= 0.6 is 0 Å². The smallest absolute Gasteiger partial charge is 0.0644 e. The summed E-state index contributed by atoms with van der Waals surface area (Å²) in [6.07, 6.45) is 1.92. The number of rotatable bonds is 6. The maximum absolute atomic E-state index is 6.13. The molecule has 4 heteroatoms. The first-order valence-corrected chi connectivity index (χ1v) is 6.33. The average molecular weight is 239 g/mol. The maximum Gasteiger partial charge on any atom is 0.0644 e. The van der Waals surface area contributed by atoms with Crippen molar-refractivity contribution in [3.05, 3.63) is 17.0 Å². The molecule has 98 valence electrons. The molecule has 2 N–H and O–H groups in total. The number of aromatic nitrogens is 2. The third-order valence-electron chi connectivity index (χ3n) is 3.35. The van der Waals surface area contributed by atoms with Crippen LogP contribution in [0.2, 0.25) is 0 Å². The summed E-state index contributed by atoms with van der Waals surface area (Å²) in [5.41, 5.74) is 9.59. The molecule has 1 aromatic heterocycles. The van der Waals surface area contributed by atoms with Gasteiger partial charge < -0.3 is 10.5 Å². The molecular weight excluding hydrogens is 214 g/mol. The summed E-state index contributed by atoms with van der Waals surface area (Å²) < 4.78 is 7.20. The Balaban J connectivity index is 2.95. The molecule has 0 aliphatic rings. The highest BCUT2D eigenvalue weighted by Crippen LogP contribution is 2.25. The molecular formula is C13H25N3O. The van der Waals surface area contributed by atoms with Crippen LogP contribution in [-0.4, -0.2) is 23.5 Å². The Kier molecular flexibility index (Phi) is 5.15. The van der Waals surface area contributed by atoms with Gasteiger partial charge in [0, 0.05) is 31.0 Å². The van der Waals surface area contributed by atoms with Crippen molar-refractivity contribution in [3.63, 3.8) is 0 Å². The summed E-state index contributed by atoms with van der Waals surface area (Å²) in [7, 11) is 1.73. The summed E-state index contributed by atoms with van der Waals surface area (Å²) in [6.45, 7) is 9.18. The Morgan fingerprint density at radius 1 is 1.41 bits per heavy atom. The van der Waals surface area contributed by atoms with Crippen molar-refractivity contribution in [1.82, 2.24) is 9.78 Å². The van der Waals surface area contributed by atoms with Crippen LogP contribution in [-0.2, 0) is 4.74 Å². The fraction of sp³-hybridized carbons (Fsp3) is 0.769. The Labute approximate surface area is 104 Å². The van der Waals surface area contributed by atoms with Gasteiger partial charge in [-0.1, -0.05) is 6.92 Å². The van der Waals surface area contributed by atoms with E-state index in [0.29, 0.717) is 6.04 Å². The van der Waals surface area contributed by atoms with Gasteiger partial charge >= 0.3 is 0 Å². The maximum atomic E-state index is 6.13. The van der Waals surface area contributed by atoms with Crippen LogP contribution in [0.3, 0.4) is 0 Å². The number of ether oxygens (including phenoxy) is 1. The van der Waals surface area contributed by atoms with Crippen LogP contribution in [0.25, 0.3) is 0 Å². The zero-order valence-corrected chi connectivity index (χ0v) is 11.7. The van der Waals surface area contributed by atoms with Gasteiger partial charge in [-0.25, -0.2) is 0 Å². The third-order valence-corrected chi connectivity index (χ3v) is 3.35. The fourth-order valence-corrected chi connectivity index (χ4v) is 2.26. The molecule has 1 aromatic rings. The van der Waals surface area contributed by atoms with Crippen molar-refractivity contribution < 1.29 is 4.74 Å². The molecule has 0 amide bonds. The number of nitrogens with two attached hydrogens (primary N) is 1. The summed E-state index contributed by atoms with van der Waals surface area (Å²) in [6, 6.07) is 0.449. The molecule has 0 aromatic carbocycles. The van der Waals surface area contributed by atoms with Gasteiger partial charge in [0.2, 0.25) is 0 Å². The first-order valence-electron chi connectivity index (χ1n) is 6.33. The second-order valence-corrected chi connectivity index (χ2v) is 4.67. The first kappa shape index (κ1) is 14.2. The zero-order chi connectivity index (χ0) is 13.0. The lowest BCUT2D eigenvalue weighted by molar-refractivity contribution is 0.178. The standard InChI is InChI=1S/C13H25N3O/c1-6-12(14)13-10(3)15-16(11(13)4)9(2)7-8-17-5/h9,12H,6-8,14H2,1-5H3. The number of hydrogen-bond acceptors (Lipinski definition) is 3. The lowest BCUT2D eigenvalue weighted by Gasteiger charge is -2.15. The van der Waals surface area contributed by atoms with E-state index in [4.69, 9.17) is 10.5 Å². The highest BCUT2D eigenvalue weighted by atomic mass is 16.5. The second kappa shape index (κ2) is 6.17. The summed E-state index contributed by atoms with van der Waals surface area (Å²) in [4.78, 5) is 0. The van der Waals surface area contributed by atoms with Crippen molar-refractivity contribution in [2.75, 3.05) is 13.7 Å². The monoisotopic (exact) mass is 239 g/mol. The van der Waals surface area contributed by atoms with Crippen LogP contribution in [0.4, 0.5) is 0 Å². The quantitative estimate of drug-likeness (QED) is 0.830. The molecule has 0 spiro atoms. The van der Waals surface area contributed by atoms with Gasteiger partial charge in [0.05, 0.1) is 11.7 Å². The summed E-state index contributed by atoms with van der Waals surface area (Å²) in [5, 5.41) is 4.61.